The molecular weight excluding hydrogens is 617 g/mol. The summed E-state index contributed by atoms with van der Waals surface area (Å²) >= 11 is 5.92. The zero-order valence-corrected chi connectivity index (χ0v) is 23.4. The van der Waals surface area contributed by atoms with E-state index in [-0.39, 0.29) is 22.6 Å². The van der Waals surface area contributed by atoms with Gasteiger partial charge in [0.25, 0.3) is 11.6 Å². The third-order valence-corrected chi connectivity index (χ3v) is 6.78. The minimum absolute atomic E-state index is 0.133. The van der Waals surface area contributed by atoms with E-state index in [1.54, 1.807) is 24.3 Å². The van der Waals surface area contributed by atoms with Crippen LogP contribution in [0.4, 0.5) is 24.5 Å². The molecule has 0 aliphatic heterocycles. The largest absolute Gasteiger partial charge is 0.456 e. The van der Waals surface area contributed by atoms with Crippen molar-refractivity contribution < 1.29 is 42.0 Å². The van der Waals surface area contributed by atoms with Crippen molar-refractivity contribution in [2.75, 3.05) is 5.32 Å². The Morgan fingerprint density at radius 1 is 0.778 bits per heavy atom. The smallest absolute Gasteiger partial charge is 0.416 e. The average molecular weight is 635 g/mol. The highest BCUT2D eigenvalue weighted by Gasteiger charge is 2.31. The van der Waals surface area contributed by atoms with Crippen molar-refractivity contribution in [2.24, 2.45) is 0 Å². The predicted octanol–water partition coefficient (Wildman–Crippen LogP) is 8.46. The number of hydrogen-bond donors (Lipinski definition) is 1. The van der Waals surface area contributed by atoms with E-state index in [0.717, 1.165) is 35.0 Å². The first-order valence-electron chi connectivity index (χ1n) is 12.9. The first-order chi connectivity index (χ1) is 21.4. The molecule has 0 atom stereocenters. The molecule has 0 saturated carbocycles. The SMILES string of the molecule is O=C(Nc1cccc2ccccc12)c1ccccc1C(=O)OC(=O)c1cc(Oc2ccc(C(F)(F)F)cc2Cl)ccc1[N+](=O)[O-]. The predicted molar refractivity (Wildman–Crippen MR) is 158 cm³/mol. The topological polar surface area (TPSA) is 125 Å². The highest BCUT2D eigenvalue weighted by molar-refractivity contribution is 6.32. The lowest BCUT2D eigenvalue weighted by Crippen LogP contribution is -2.20. The second-order valence-electron chi connectivity index (χ2n) is 9.38. The van der Waals surface area contributed by atoms with Gasteiger partial charge >= 0.3 is 18.1 Å². The maximum Gasteiger partial charge on any atom is 0.416 e. The summed E-state index contributed by atoms with van der Waals surface area (Å²) < 4.78 is 49.3. The number of nitro benzene ring substituents is 1. The molecule has 226 valence electrons. The van der Waals surface area contributed by atoms with Gasteiger partial charge in [-0.2, -0.15) is 13.2 Å². The van der Waals surface area contributed by atoms with Gasteiger partial charge in [-0.1, -0.05) is 60.1 Å². The molecule has 0 bridgehead atoms. The molecule has 0 unspecified atom stereocenters. The lowest BCUT2D eigenvalue weighted by atomic mass is 10.1. The monoisotopic (exact) mass is 634 g/mol. The number of fused-ring (bicyclic) bond motifs is 1. The summed E-state index contributed by atoms with van der Waals surface area (Å²) in [6, 6.07) is 23.2. The van der Waals surface area contributed by atoms with Crippen molar-refractivity contribution in [3.05, 3.63) is 141 Å². The highest BCUT2D eigenvalue weighted by atomic mass is 35.5. The van der Waals surface area contributed by atoms with E-state index in [4.69, 9.17) is 21.1 Å². The van der Waals surface area contributed by atoms with Crippen LogP contribution in [0.2, 0.25) is 5.02 Å². The van der Waals surface area contributed by atoms with E-state index >= 15 is 0 Å². The zero-order valence-electron chi connectivity index (χ0n) is 22.6. The third-order valence-electron chi connectivity index (χ3n) is 6.49. The average Bonchev–Trinajstić information content (AvgIpc) is 3.01. The fourth-order valence-corrected chi connectivity index (χ4v) is 4.58. The fourth-order valence-electron chi connectivity index (χ4n) is 4.37. The van der Waals surface area contributed by atoms with E-state index in [2.05, 4.69) is 5.32 Å². The van der Waals surface area contributed by atoms with Crippen molar-refractivity contribution in [3.63, 3.8) is 0 Å². The number of anilines is 1. The molecule has 0 aliphatic rings. The van der Waals surface area contributed by atoms with Crippen molar-refractivity contribution in [1.82, 2.24) is 0 Å². The lowest BCUT2D eigenvalue weighted by molar-refractivity contribution is -0.385. The second kappa shape index (κ2) is 12.5. The Morgan fingerprint density at radius 2 is 1.44 bits per heavy atom. The van der Waals surface area contributed by atoms with E-state index in [1.165, 1.54) is 24.3 Å². The van der Waals surface area contributed by atoms with Crippen LogP contribution < -0.4 is 10.1 Å². The molecule has 45 heavy (non-hydrogen) atoms. The molecule has 5 aromatic rings. The van der Waals surface area contributed by atoms with Gasteiger partial charge in [0.1, 0.15) is 17.1 Å². The standard InChI is InChI=1S/C32H18ClF3N2O7/c33-25-16-19(32(34,35)36)12-15-28(25)44-20-13-14-27(38(42)43)24(17-20)31(41)45-30(40)23-10-4-3-9-22(23)29(39)37-26-11-5-7-18-6-1-2-8-21(18)26/h1-17H,(H,37,39). The van der Waals surface area contributed by atoms with Gasteiger partial charge in [-0.25, -0.2) is 9.59 Å². The van der Waals surface area contributed by atoms with Crippen LogP contribution in [0.1, 0.15) is 36.6 Å². The van der Waals surface area contributed by atoms with Crippen molar-refractivity contribution >= 4 is 51.6 Å². The lowest BCUT2D eigenvalue weighted by Gasteiger charge is -2.12. The molecule has 5 rings (SSSR count). The number of halogens is 4. The van der Waals surface area contributed by atoms with Gasteiger partial charge < -0.3 is 14.8 Å². The van der Waals surface area contributed by atoms with Crippen molar-refractivity contribution in [1.29, 1.82) is 0 Å². The van der Waals surface area contributed by atoms with Gasteiger partial charge in [0, 0.05) is 23.2 Å². The number of benzene rings is 5. The van der Waals surface area contributed by atoms with Gasteiger partial charge in [0.15, 0.2) is 0 Å². The summed E-state index contributed by atoms with van der Waals surface area (Å²) in [5, 5.41) is 15.6. The zero-order chi connectivity index (χ0) is 32.3. The Balaban J connectivity index is 1.39. The van der Waals surface area contributed by atoms with Gasteiger partial charge in [0.2, 0.25) is 0 Å². The molecule has 1 amide bonds. The summed E-state index contributed by atoms with van der Waals surface area (Å²) in [7, 11) is 0. The Bertz CT molecular complexity index is 1990. The number of amides is 1. The van der Waals surface area contributed by atoms with E-state index in [1.807, 2.05) is 18.2 Å². The summed E-state index contributed by atoms with van der Waals surface area (Å²) in [5.74, 6) is -3.85. The van der Waals surface area contributed by atoms with Crippen molar-refractivity contribution in [2.45, 2.75) is 6.18 Å². The molecule has 9 nitrogen and oxygen atoms in total. The maximum absolute atomic E-state index is 13.2. The molecule has 0 heterocycles. The van der Waals surface area contributed by atoms with E-state index < -0.39 is 50.8 Å². The Kier molecular flexibility index (Phi) is 8.50. The number of esters is 2. The Labute approximate surface area is 256 Å². The van der Waals surface area contributed by atoms with Gasteiger partial charge in [-0.05, 0) is 47.9 Å². The normalized spacial score (nSPS) is 11.1. The summed E-state index contributed by atoms with van der Waals surface area (Å²) in [6.07, 6.45) is -4.66. The second-order valence-corrected chi connectivity index (χ2v) is 9.79. The van der Waals surface area contributed by atoms with Crippen LogP contribution in [-0.4, -0.2) is 22.8 Å². The molecule has 0 fully saturated rings. The minimum Gasteiger partial charge on any atom is -0.456 e. The number of nitrogens with one attached hydrogen (secondary N) is 1. The molecule has 1 N–H and O–H groups in total. The maximum atomic E-state index is 13.2. The first kappa shape index (κ1) is 30.7. The fraction of sp³-hybridized carbons (Fsp3) is 0.0312. The summed E-state index contributed by atoms with van der Waals surface area (Å²) in [5.41, 5.74) is -2.44. The number of hydrogen-bond acceptors (Lipinski definition) is 7. The van der Waals surface area contributed by atoms with Crippen LogP contribution in [0.3, 0.4) is 0 Å². The van der Waals surface area contributed by atoms with E-state index in [0.29, 0.717) is 17.8 Å². The van der Waals surface area contributed by atoms with Crippen molar-refractivity contribution in [3.8, 4) is 11.5 Å². The molecule has 0 saturated heterocycles. The molecule has 0 aliphatic carbocycles. The number of ether oxygens (including phenoxy) is 2. The van der Waals surface area contributed by atoms with Gasteiger partial charge in [-0.3, -0.25) is 14.9 Å². The number of rotatable bonds is 7. The van der Waals surface area contributed by atoms with Crippen LogP contribution in [0.5, 0.6) is 11.5 Å². The van der Waals surface area contributed by atoms with E-state index in [9.17, 15) is 37.7 Å². The van der Waals surface area contributed by atoms with Crippen LogP contribution in [0.25, 0.3) is 10.8 Å². The number of nitro groups is 1. The third kappa shape index (κ3) is 6.76. The molecular formula is C32H18ClF3N2O7. The molecule has 13 heteroatoms. The first-order valence-corrected chi connectivity index (χ1v) is 13.3. The van der Waals surface area contributed by atoms with Crippen LogP contribution >= 0.6 is 11.6 Å². The number of nitrogens with zero attached hydrogens (tertiary/aromatic N) is 1. The molecule has 0 spiro atoms. The van der Waals surface area contributed by atoms with Gasteiger partial charge in [-0.15, -0.1) is 0 Å². The highest BCUT2D eigenvalue weighted by Crippen LogP contribution is 2.37. The Hall–Kier alpha value is -5.75. The number of alkyl halides is 3. The number of carbonyl (C=O) groups is 3. The molecule has 0 aromatic heterocycles. The van der Waals surface area contributed by atoms with Crippen LogP contribution in [-0.2, 0) is 10.9 Å². The van der Waals surface area contributed by atoms with Crippen LogP contribution in [0.15, 0.2) is 103 Å². The van der Waals surface area contributed by atoms with Crippen LogP contribution in [0, 0.1) is 10.1 Å². The van der Waals surface area contributed by atoms with Gasteiger partial charge in [0.05, 0.1) is 26.6 Å². The summed E-state index contributed by atoms with van der Waals surface area (Å²) in [4.78, 5) is 50.1. The molecule has 5 aromatic carbocycles. The Morgan fingerprint density at radius 3 is 2.16 bits per heavy atom. The summed E-state index contributed by atoms with van der Waals surface area (Å²) in [6.45, 7) is 0. The number of carbonyl (C=O) groups excluding carboxylic acids is 3. The quantitative estimate of drug-likeness (QED) is 0.0824. The minimum atomic E-state index is -4.66. The molecule has 0 radical (unpaired) electrons.